The summed E-state index contributed by atoms with van der Waals surface area (Å²) in [5, 5.41) is 20.2. The molecule has 0 aromatic heterocycles. The molecule has 0 fully saturated rings. The second-order valence-electron chi connectivity index (χ2n) is 4.54. The van der Waals surface area contributed by atoms with Crippen molar-refractivity contribution in [1.82, 2.24) is 0 Å². The first-order valence-corrected chi connectivity index (χ1v) is 6.67. The molecule has 2 aromatic carbocycles. The van der Waals surface area contributed by atoms with E-state index in [0.29, 0.717) is 23.2 Å². The number of hydrogen-bond acceptors (Lipinski definition) is 5. The Morgan fingerprint density at radius 2 is 1.83 bits per heavy atom. The predicted molar refractivity (Wildman–Crippen MR) is 84.0 cm³/mol. The van der Waals surface area contributed by atoms with Crippen molar-refractivity contribution in [3.63, 3.8) is 0 Å². The third-order valence-corrected chi connectivity index (χ3v) is 3.04. The standard InChI is InChI=1S/C17H12N2O4/c18-10-13(9-14-5-1-3-7-16(14)19(21)22)12-23-17-8-4-2-6-15(17)11-20/h1-9,11H,12H2/b13-9+. The smallest absolute Gasteiger partial charge is 0.276 e. The van der Waals surface area contributed by atoms with Crippen LogP contribution in [0.25, 0.3) is 6.08 Å². The quantitative estimate of drug-likeness (QED) is 0.353. The number of hydrogen-bond donors (Lipinski definition) is 0. The maximum absolute atomic E-state index is 11.0. The van der Waals surface area contributed by atoms with Crippen molar-refractivity contribution in [2.45, 2.75) is 0 Å². The highest BCUT2D eigenvalue weighted by atomic mass is 16.6. The Labute approximate surface area is 132 Å². The fraction of sp³-hybridized carbons (Fsp3) is 0.0588. The van der Waals surface area contributed by atoms with Crippen LogP contribution >= 0.6 is 0 Å². The van der Waals surface area contributed by atoms with Gasteiger partial charge in [-0.3, -0.25) is 14.9 Å². The predicted octanol–water partition coefficient (Wildman–Crippen LogP) is 3.39. The summed E-state index contributed by atoms with van der Waals surface area (Å²) >= 11 is 0. The highest BCUT2D eigenvalue weighted by Crippen LogP contribution is 2.21. The van der Waals surface area contributed by atoms with Gasteiger partial charge in [-0.2, -0.15) is 5.26 Å². The molecule has 0 saturated heterocycles. The zero-order chi connectivity index (χ0) is 16.7. The minimum atomic E-state index is -0.511. The Hall–Kier alpha value is -3.46. The third-order valence-electron chi connectivity index (χ3n) is 3.04. The average molecular weight is 308 g/mol. The van der Waals surface area contributed by atoms with E-state index < -0.39 is 4.92 Å². The Bertz CT molecular complexity index is 806. The first-order chi connectivity index (χ1) is 11.2. The van der Waals surface area contributed by atoms with Gasteiger partial charge in [0.1, 0.15) is 12.4 Å². The van der Waals surface area contributed by atoms with Gasteiger partial charge in [0.05, 0.1) is 27.7 Å². The van der Waals surface area contributed by atoms with E-state index in [9.17, 15) is 20.2 Å². The molecule has 0 saturated carbocycles. The molecule has 23 heavy (non-hydrogen) atoms. The molecule has 0 amide bonds. The summed E-state index contributed by atoms with van der Waals surface area (Å²) in [6.45, 7) is -0.0899. The molecule has 0 aliphatic heterocycles. The molecule has 0 unspecified atom stereocenters. The summed E-state index contributed by atoms with van der Waals surface area (Å²) in [6, 6.07) is 14.7. The van der Waals surface area contributed by atoms with Crippen molar-refractivity contribution in [1.29, 1.82) is 5.26 Å². The van der Waals surface area contributed by atoms with Crippen molar-refractivity contribution in [2.24, 2.45) is 0 Å². The molecular formula is C17H12N2O4. The first kappa shape index (κ1) is 15.9. The minimum Gasteiger partial charge on any atom is -0.487 e. The highest BCUT2D eigenvalue weighted by Gasteiger charge is 2.11. The highest BCUT2D eigenvalue weighted by molar-refractivity contribution is 5.79. The van der Waals surface area contributed by atoms with E-state index >= 15 is 0 Å². The second kappa shape index (κ2) is 7.52. The normalized spacial score (nSPS) is 10.7. The van der Waals surface area contributed by atoms with Crippen molar-refractivity contribution < 1.29 is 14.5 Å². The maximum atomic E-state index is 11.0. The van der Waals surface area contributed by atoms with Gasteiger partial charge in [-0.15, -0.1) is 0 Å². The summed E-state index contributed by atoms with van der Waals surface area (Å²) in [4.78, 5) is 21.4. The van der Waals surface area contributed by atoms with E-state index in [4.69, 9.17) is 4.74 Å². The molecule has 0 heterocycles. The van der Waals surface area contributed by atoms with Crippen LogP contribution in [-0.4, -0.2) is 17.8 Å². The third kappa shape index (κ3) is 4.02. The number of para-hydroxylation sites is 2. The van der Waals surface area contributed by atoms with Crippen molar-refractivity contribution >= 4 is 18.0 Å². The fourth-order valence-corrected chi connectivity index (χ4v) is 1.93. The van der Waals surface area contributed by atoms with Crippen molar-refractivity contribution in [3.05, 3.63) is 75.3 Å². The number of nitrogens with zero attached hydrogens (tertiary/aromatic N) is 2. The zero-order valence-electron chi connectivity index (χ0n) is 12.0. The Balaban J connectivity index is 2.23. The molecule has 0 N–H and O–H groups in total. The van der Waals surface area contributed by atoms with Crippen molar-refractivity contribution in [2.75, 3.05) is 6.61 Å². The summed E-state index contributed by atoms with van der Waals surface area (Å²) in [6.07, 6.45) is 2.06. The van der Waals surface area contributed by atoms with Crippen molar-refractivity contribution in [3.8, 4) is 11.8 Å². The molecule has 2 rings (SSSR count). The van der Waals surface area contributed by atoms with Gasteiger partial charge in [0.15, 0.2) is 6.29 Å². The van der Waals surface area contributed by atoms with Crippen LogP contribution in [0.1, 0.15) is 15.9 Å². The van der Waals surface area contributed by atoms with E-state index in [-0.39, 0.29) is 17.9 Å². The molecule has 0 aliphatic carbocycles. The Morgan fingerprint density at radius 1 is 1.17 bits per heavy atom. The molecule has 114 valence electrons. The lowest BCUT2D eigenvalue weighted by molar-refractivity contribution is -0.385. The van der Waals surface area contributed by atoms with Crippen LogP contribution in [0.2, 0.25) is 0 Å². The van der Waals surface area contributed by atoms with E-state index in [2.05, 4.69) is 0 Å². The van der Waals surface area contributed by atoms with Gasteiger partial charge < -0.3 is 4.74 Å². The van der Waals surface area contributed by atoms with Gasteiger partial charge in [-0.1, -0.05) is 24.3 Å². The van der Waals surface area contributed by atoms with E-state index in [1.165, 1.54) is 12.1 Å². The fourth-order valence-electron chi connectivity index (χ4n) is 1.93. The van der Waals surface area contributed by atoms with Gasteiger partial charge in [0, 0.05) is 6.07 Å². The van der Waals surface area contributed by atoms with Crippen LogP contribution in [0.15, 0.2) is 54.1 Å². The molecular weight excluding hydrogens is 296 g/mol. The van der Waals surface area contributed by atoms with Gasteiger partial charge in [-0.05, 0) is 24.3 Å². The van der Waals surface area contributed by atoms with Crippen LogP contribution in [-0.2, 0) is 0 Å². The summed E-state index contributed by atoms with van der Waals surface area (Å²) < 4.78 is 5.46. The number of nitro groups is 1. The minimum absolute atomic E-state index is 0.0893. The molecule has 6 nitrogen and oxygen atoms in total. The Morgan fingerprint density at radius 3 is 2.48 bits per heavy atom. The number of carbonyl (C=O) groups is 1. The molecule has 0 bridgehead atoms. The van der Waals surface area contributed by atoms with Gasteiger partial charge in [0.25, 0.3) is 5.69 Å². The van der Waals surface area contributed by atoms with E-state index in [1.807, 2.05) is 6.07 Å². The molecule has 2 aromatic rings. The first-order valence-electron chi connectivity index (χ1n) is 6.67. The summed E-state index contributed by atoms with van der Waals surface area (Å²) in [7, 11) is 0. The lowest BCUT2D eigenvalue weighted by atomic mass is 10.1. The second-order valence-corrected chi connectivity index (χ2v) is 4.54. The van der Waals surface area contributed by atoms with Gasteiger partial charge in [0.2, 0.25) is 0 Å². The molecule has 6 heteroatoms. The van der Waals surface area contributed by atoms with Crippen LogP contribution in [0.4, 0.5) is 5.69 Å². The SMILES string of the molecule is N#C/C(=C\c1ccccc1[N+](=O)[O-])COc1ccccc1C=O. The number of rotatable bonds is 6. The molecule has 0 radical (unpaired) electrons. The van der Waals surface area contributed by atoms with E-state index in [0.717, 1.165) is 0 Å². The lowest BCUT2D eigenvalue weighted by Gasteiger charge is -2.07. The molecule has 0 aliphatic rings. The average Bonchev–Trinajstić information content (AvgIpc) is 2.59. The monoisotopic (exact) mass is 308 g/mol. The van der Waals surface area contributed by atoms with Crippen LogP contribution < -0.4 is 4.74 Å². The van der Waals surface area contributed by atoms with Gasteiger partial charge in [-0.25, -0.2) is 0 Å². The van der Waals surface area contributed by atoms with E-state index in [1.54, 1.807) is 42.5 Å². The largest absolute Gasteiger partial charge is 0.487 e. The van der Waals surface area contributed by atoms with Gasteiger partial charge >= 0.3 is 0 Å². The summed E-state index contributed by atoms with van der Waals surface area (Å²) in [5.41, 5.74) is 0.811. The number of nitro benzene ring substituents is 1. The maximum Gasteiger partial charge on any atom is 0.276 e. The lowest BCUT2D eigenvalue weighted by Crippen LogP contribution is -2.02. The van der Waals surface area contributed by atoms with Crippen LogP contribution in [0.5, 0.6) is 5.75 Å². The zero-order valence-corrected chi connectivity index (χ0v) is 12.0. The topological polar surface area (TPSA) is 93.2 Å². The number of benzene rings is 2. The number of carbonyl (C=O) groups excluding carboxylic acids is 1. The molecule has 0 atom stereocenters. The summed E-state index contributed by atoms with van der Waals surface area (Å²) in [5.74, 6) is 0.353. The van der Waals surface area contributed by atoms with Crippen LogP contribution in [0, 0.1) is 21.4 Å². The number of aldehydes is 1. The van der Waals surface area contributed by atoms with Crippen LogP contribution in [0.3, 0.4) is 0 Å². The Kier molecular flexibility index (Phi) is 5.21. The number of nitriles is 1. The molecule has 0 spiro atoms. The number of ether oxygens (including phenoxy) is 1.